The smallest absolute Gasteiger partial charge is 0.324 e. The number of urea groups is 1. The number of anilines is 3. The largest absolute Gasteiger partial charge is 0.481 e. The van der Waals surface area contributed by atoms with Crippen molar-refractivity contribution in [2.75, 3.05) is 41.8 Å². The minimum Gasteiger partial charge on any atom is -0.481 e. The molecule has 0 atom stereocenters. The molecule has 0 radical (unpaired) electrons. The number of benzene rings is 1. The van der Waals surface area contributed by atoms with Crippen molar-refractivity contribution in [3.63, 3.8) is 0 Å². The quantitative estimate of drug-likeness (QED) is 0.722. The van der Waals surface area contributed by atoms with Crippen LogP contribution in [0.15, 0.2) is 42.6 Å². The molecule has 8 heteroatoms. The lowest BCUT2D eigenvalue weighted by atomic mass is 10.1. The van der Waals surface area contributed by atoms with E-state index in [1.807, 2.05) is 18.2 Å². The number of aromatic nitrogens is 1. The molecule has 0 saturated carbocycles. The fraction of sp³-hybridized carbons (Fsp3) is 0.316. The lowest BCUT2D eigenvalue weighted by Crippen LogP contribution is -2.37. The maximum Gasteiger partial charge on any atom is 0.324 e. The van der Waals surface area contributed by atoms with Gasteiger partial charge < -0.3 is 20.1 Å². The van der Waals surface area contributed by atoms with Gasteiger partial charge in [0.1, 0.15) is 0 Å². The molecule has 1 saturated heterocycles. The van der Waals surface area contributed by atoms with Crippen molar-refractivity contribution in [3.8, 4) is 0 Å². The van der Waals surface area contributed by atoms with E-state index in [0.717, 1.165) is 24.3 Å². The van der Waals surface area contributed by atoms with Crippen LogP contribution in [0.1, 0.15) is 12.0 Å². The van der Waals surface area contributed by atoms with Gasteiger partial charge in [0, 0.05) is 31.4 Å². The van der Waals surface area contributed by atoms with E-state index in [4.69, 9.17) is 9.84 Å². The normalized spacial score (nSPS) is 13.9. The summed E-state index contributed by atoms with van der Waals surface area (Å²) in [5.74, 6) is -0.365. The molecule has 2 heterocycles. The first-order valence-electron chi connectivity index (χ1n) is 8.78. The van der Waals surface area contributed by atoms with Gasteiger partial charge in [0.2, 0.25) is 0 Å². The minimum atomic E-state index is -0.850. The van der Waals surface area contributed by atoms with Crippen LogP contribution < -0.4 is 15.5 Å². The number of rotatable bonds is 6. The highest BCUT2D eigenvalue weighted by Gasteiger charge is 2.16. The van der Waals surface area contributed by atoms with Crippen LogP contribution in [0.25, 0.3) is 0 Å². The average molecular weight is 370 g/mol. The first-order valence-corrected chi connectivity index (χ1v) is 8.78. The number of aryl methyl sites for hydroxylation is 1. The Morgan fingerprint density at radius 2 is 1.96 bits per heavy atom. The monoisotopic (exact) mass is 370 g/mol. The molecule has 0 bridgehead atoms. The summed E-state index contributed by atoms with van der Waals surface area (Å²) in [5.41, 5.74) is 2.30. The first-order chi connectivity index (χ1) is 13.1. The molecule has 142 valence electrons. The van der Waals surface area contributed by atoms with Crippen LogP contribution in [-0.4, -0.2) is 48.4 Å². The predicted octanol–water partition coefficient (Wildman–Crippen LogP) is 2.58. The molecule has 0 unspecified atom stereocenters. The maximum absolute atomic E-state index is 12.4. The van der Waals surface area contributed by atoms with Crippen molar-refractivity contribution in [3.05, 3.63) is 48.2 Å². The highest BCUT2D eigenvalue weighted by atomic mass is 16.5. The van der Waals surface area contributed by atoms with Crippen LogP contribution >= 0.6 is 0 Å². The third-order valence-electron chi connectivity index (χ3n) is 4.18. The van der Waals surface area contributed by atoms with Crippen LogP contribution in [0.4, 0.5) is 22.0 Å². The van der Waals surface area contributed by atoms with Gasteiger partial charge in [-0.3, -0.25) is 10.1 Å². The van der Waals surface area contributed by atoms with E-state index in [1.54, 1.807) is 24.4 Å². The lowest BCUT2D eigenvalue weighted by Gasteiger charge is -2.29. The second kappa shape index (κ2) is 9.00. The second-order valence-electron chi connectivity index (χ2n) is 6.14. The van der Waals surface area contributed by atoms with Crippen molar-refractivity contribution >= 4 is 29.2 Å². The number of carboxylic acid groups (broad SMARTS) is 1. The number of pyridine rings is 1. The zero-order chi connectivity index (χ0) is 19.1. The number of carboxylic acids is 1. The number of ether oxygens (including phenoxy) is 1. The molecule has 1 fully saturated rings. The molecule has 3 rings (SSSR count). The van der Waals surface area contributed by atoms with E-state index in [2.05, 4.69) is 20.5 Å². The van der Waals surface area contributed by atoms with Crippen LogP contribution in [0.5, 0.6) is 0 Å². The van der Waals surface area contributed by atoms with Crippen LogP contribution in [0.3, 0.4) is 0 Å². The summed E-state index contributed by atoms with van der Waals surface area (Å²) in [6.07, 6.45) is 2.09. The fourth-order valence-electron chi connectivity index (χ4n) is 2.88. The van der Waals surface area contributed by atoms with Crippen molar-refractivity contribution in [2.45, 2.75) is 12.8 Å². The number of hydrogen-bond donors (Lipinski definition) is 3. The van der Waals surface area contributed by atoms with Gasteiger partial charge in [0.15, 0.2) is 5.82 Å². The summed E-state index contributed by atoms with van der Waals surface area (Å²) in [6, 6.07) is 10.5. The molecule has 0 aliphatic carbocycles. The van der Waals surface area contributed by atoms with Crippen LogP contribution in [0.2, 0.25) is 0 Å². The van der Waals surface area contributed by atoms with Gasteiger partial charge in [-0.05, 0) is 36.2 Å². The number of aliphatic carboxylic acids is 1. The van der Waals surface area contributed by atoms with E-state index < -0.39 is 12.0 Å². The minimum absolute atomic E-state index is 0.0481. The Hall–Kier alpha value is -3.13. The summed E-state index contributed by atoms with van der Waals surface area (Å²) in [7, 11) is 0. The summed E-state index contributed by atoms with van der Waals surface area (Å²) < 4.78 is 5.37. The lowest BCUT2D eigenvalue weighted by molar-refractivity contribution is -0.136. The van der Waals surface area contributed by atoms with E-state index in [-0.39, 0.29) is 6.42 Å². The molecule has 2 aromatic rings. The number of morpholine rings is 1. The molecule has 3 N–H and O–H groups in total. The van der Waals surface area contributed by atoms with Gasteiger partial charge in [-0.2, -0.15) is 0 Å². The Labute approximate surface area is 157 Å². The fourth-order valence-corrected chi connectivity index (χ4v) is 2.88. The third-order valence-corrected chi connectivity index (χ3v) is 4.18. The standard InChI is InChI=1S/C19H22N4O4/c24-17(25)7-6-14-3-1-4-15(13-14)21-19(26)22-18-16(5-2-8-20-18)23-9-11-27-12-10-23/h1-5,8,13H,6-7,9-12H2,(H,24,25)(H2,20,21,22,26). The Kier molecular flexibility index (Phi) is 6.22. The summed E-state index contributed by atoms with van der Waals surface area (Å²) in [4.78, 5) is 29.5. The van der Waals surface area contributed by atoms with Crippen molar-refractivity contribution in [1.82, 2.24) is 4.98 Å². The summed E-state index contributed by atoms with van der Waals surface area (Å²) in [6.45, 7) is 2.77. The van der Waals surface area contributed by atoms with Crippen LogP contribution in [0, 0.1) is 0 Å². The number of hydrogen-bond acceptors (Lipinski definition) is 5. The average Bonchev–Trinajstić information content (AvgIpc) is 2.68. The number of nitrogens with zero attached hydrogens (tertiary/aromatic N) is 2. The van der Waals surface area contributed by atoms with E-state index in [1.165, 1.54) is 0 Å². The number of carbonyl (C=O) groups is 2. The number of carbonyl (C=O) groups excluding carboxylic acids is 1. The molecule has 27 heavy (non-hydrogen) atoms. The second-order valence-corrected chi connectivity index (χ2v) is 6.14. The molecular formula is C19H22N4O4. The van der Waals surface area contributed by atoms with E-state index in [0.29, 0.717) is 31.1 Å². The molecular weight excluding hydrogens is 348 g/mol. The van der Waals surface area contributed by atoms with Gasteiger partial charge in [0.25, 0.3) is 0 Å². The van der Waals surface area contributed by atoms with Crippen molar-refractivity contribution in [1.29, 1.82) is 0 Å². The summed E-state index contributed by atoms with van der Waals surface area (Å²) in [5, 5.41) is 14.3. The Morgan fingerprint density at radius 1 is 1.15 bits per heavy atom. The van der Waals surface area contributed by atoms with Gasteiger partial charge >= 0.3 is 12.0 Å². The number of nitrogens with one attached hydrogen (secondary N) is 2. The Balaban J connectivity index is 1.64. The summed E-state index contributed by atoms with van der Waals surface area (Å²) >= 11 is 0. The number of amides is 2. The van der Waals surface area contributed by atoms with E-state index in [9.17, 15) is 9.59 Å². The Bertz CT molecular complexity index is 806. The molecule has 8 nitrogen and oxygen atoms in total. The zero-order valence-electron chi connectivity index (χ0n) is 14.9. The van der Waals surface area contributed by atoms with Gasteiger partial charge in [-0.1, -0.05) is 12.1 Å². The molecule has 1 aromatic heterocycles. The van der Waals surface area contributed by atoms with E-state index >= 15 is 0 Å². The highest BCUT2D eigenvalue weighted by molar-refractivity contribution is 6.01. The zero-order valence-corrected chi connectivity index (χ0v) is 14.9. The molecule has 1 aliphatic heterocycles. The molecule has 1 aliphatic rings. The maximum atomic E-state index is 12.4. The van der Waals surface area contributed by atoms with Crippen molar-refractivity contribution in [2.24, 2.45) is 0 Å². The van der Waals surface area contributed by atoms with Crippen LogP contribution in [-0.2, 0) is 16.0 Å². The first kappa shape index (κ1) is 18.7. The van der Waals surface area contributed by atoms with Gasteiger partial charge in [-0.15, -0.1) is 0 Å². The van der Waals surface area contributed by atoms with Crippen molar-refractivity contribution < 1.29 is 19.4 Å². The SMILES string of the molecule is O=C(O)CCc1cccc(NC(=O)Nc2ncccc2N2CCOCC2)c1. The predicted molar refractivity (Wildman–Crippen MR) is 102 cm³/mol. The highest BCUT2D eigenvalue weighted by Crippen LogP contribution is 2.24. The molecule has 1 aromatic carbocycles. The molecule has 0 spiro atoms. The Morgan fingerprint density at radius 3 is 2.74 bits per heavy atom. The van der Waals surface area contributed by atoms with Gasteiger partial charge in [-0.25, -0.2) is 9.78 Å². The molecule has 2 amide bonds. The topological polar surface area (TPSA) is 104 Å². The third kappa shape index (κ3) is 5.42. The van der Waals surface area contributed by atoms with Gasteiger partial charge in [0.05, 0.1) is 18.9 Å².